The molecule has 4 rings (SSSR count). The summed E-state index contributed by atoms with van der Waals surface area (Å²) in [5.74, 6) is 0. The molecule has 76 valence electrons. The van der Waals surface area contributed by atoms with Crippen LogP contribution in [0.15, 0.2) is 9.59 Å². The molecule has 0 saturated heterocycles. The molecule has 0 amide bonds. The van der Waals surface area contributed by atoms with Crippen LogP contribution >= 0.6 is 0 Å². The first kappa shape index (κ1) is 8.08. The highest BCUT2D eigenvalue weighted by atomic mass is 16.2. The number of nitrogens with zero attached hydrogens (tertiary/aromatic N) is 3. The SMILES string of the molecule is Cn1c(=O)n2n(c1=O)C1(C)CC2(C)C1. The lowest BCUT2D eigenvalue weighted by Crippen LogP contribution is -2.49. The fraction of sp³-hybridized carbons (Fsp3) is 0.778. The fourth-order valence-corrected chi connectivity index (χ4v) is 3.37. The second-order valence-corrected chi connectivity index (χ2v) is 5.10. The highest BCUT2D eigenvalue weighted by Gasteiger charge is 2.61. The molecule has 5 heteroatoms. The normalized spacial score (nSPS) is 38.2. The molecule has 1 aromatic rings. The van der Waals surface area contributed by atoms with Crippen molar-refractivity contribution in [1.82, 2.24) is 13.9 Å². The average Bonchev–Trinajstić information content (AvgIpc) is 2.50. The van der Waals surface area contributed by atoms with E-state index in [0.29, 0.717) is 0 Å². The average molecular weight is 195 g/mol. The van der Waals surface area contributed by atoms with Gasteiger partial charge in [0.15, 0.2) is 0 Å². The molecule has 3 heterocycles. The van der Waals surface area contributed by atoms with E-state index in [4.69, 9.17) is 0 Å². The highest BCUT2D eigenvalue weighted by molar-refractivity contribution is 5.13. The van der Waals surface area contributed by atoms with Crippen LogP contribution in [0.1, 0.15) is 26.7 Å². The fourth-order valence-electron chi connectivity index (χ4n) is 3.37. The van der Waals surface area contributed by atoms with E-state index in [1.165, 1.54) is 11.6 Å². The first-order chi connectivity index (χ1) is 6.39. The lowest BCUT2D eigenvalue weighted by molar-refractivity contribution is 0.107. The Bertz CT molecular complexity index is 494. The van der Waals surface area contributed by atoms with Gasteiger partial charge < -0.3 is 0 Å². The monoisotopic (exact) mass is 195 g/mol. The van der Waals surface area contributed by atoms with Crippen molar-refractivity contribution in [2.75, 3.05) is 0 Å². The number of rotatable bonds is 0. The molecule has 0 radical (unpaired) electrons. The molecule has 1 saturated carbocycles. The Labute approximate surface area is 80.5 Å². The van der Waals surface area contributed by atoms with Crippen molar-refractivity contribution in [3.63, 3.8) is 0 Å². The molecule has 0 aromatic carbocycles. The number of aromatic nitrogens is 3. The smallest absolute Gasteiger partial charge is 0.246 e. The maximum atomic E-state index is 11.8. The van der Waals surface area contributed by atoms with Gasteiger partial charge in [-0.15, -0.1) is 0 Å². The van der Waals surface area contributed by atoms with Crippen molar-refractivity contribution in [1.29, 1.82) is 0 Å². The Kier molecular flexibility index (Phi) is 1.02. The second kappa shape index (κ2) is 1.76. The molecule has 5 nitrogen and oxygen atoms in total. The third-order valence-corrected chi connectivity index (χ3v) is 3.68. The van der Waals surface area contributed by atoms with Crippen LogP contribution in [0.25, 0.3) is 0 Å². The van der Waals surface area contributed by atoms with Crippen LogP contribution in [0.2, 0.25) is 0 Å². The molecule has 0 spiro atoms. The van der Waals surface area contributed by atoms with Gasteiger partial charge in [-0.2, -0.15) is 0 Å². The van der Waals surface area contributed by atoms with Gasteiger partial charge in [0.1, 0.15) is 0 Å². The van der Waals surface area contributed by atoms with E-state index in [0.717, 1.165) is 12.8 Å². The van der Waals surface area contributed by atoms with Crippen molar-refractivity contribution in [3.05, 3.63) is 21.0 Å². The lowest BCUT2D eigenvalue weighted by atomic mass is 9.67. The maximum Gasteiger partial charge on any atom is 0.347 e. The van der Waals surface area contributed by atoms with Gasteiger partial charge in [0.25, 0.3) is 0 Å². The van der Waals surface area contributed by atoms with Gasteiger partial charge in [0.05, 0.1) is 11.1 Å². The van der Waals surface area contributed by atoms with E-state index < -0.39 is 0 Å². The molecular weight excluding hydrogens is 182 g/mol. The molecule has 2 aliphatic heterocycles. The van der Waals surface area contributed by atoms with Gasteiger partial charge in [0.2, 0.25) is 0 Å². The summed E-state index contributed by atoms with van der Waals surface area (Å²) in [5, 5.41) is 0. The molecule has 1 aliphatic carbocycles. The van der Waals surface area contributed by atoms with E-state index >= 15 is 0 Å². The summed E-state index contributed by atoms with van der Waals surface area (Å²) in [6.45, 7) is 4.08. The van der Waals surface area contributed by atoms with Crippen LogP contribution < -0.4 is 11.4 Å². The van der Waals surface area contributed by atoms with Crippen LogP contribution in [-0.4, -0.2) is 13.9 Å². The largest absolute Gasteiger partial charge is 0.347 e. The number of hydrogen-bond acceptors (Lipinski definition) is 2. The van der Waals surface area contributed by atoms with E-state index in [1.807, 2.05) is 13.8 Å². The van der Waals surface area contributed by atoms with Crippen molar-refractivity contribution in [2.24, 2.45) is 7.05 Å². The van der Waals surface area contributed by atoms with Crippen LogP contribution in [-0.2, 0) is 18.1 Å². The predicted octanol–water partition coefficient (Wildman–Crippen LogP) is -0.414. The summed E-state index contributed by atoms with van der Waals surface area (Å²) in [4.78, 5) is 23.5. The standard InChI is InChI=1S/C9H13N3O2/c1-8-4-9(2,5-8)12-7(14)10(3)6(13)11(8)12/h4-5H2,1-3H3. The first-order valence-electron chi connectivity index (χ1n) is 4.81. The zero-order valence-corrected chi connectivity index (χ0v) is 8.57. The van der Waals surface area contributed by atoms with Crippen LogP contribution in [0.3, 0.4) is 0 Å². The molecule has 0 atom stereocenters. The zero-order chi connectivity index (χ0) is 10.3. The Hall–Kier alpha value is -1.26. The summed E-state index contributed by atoms with van der Waals surface area (Å²) in [6.07, 6.45) is 1.82. The molecular formula is C9H13N3O2. The molecule has 0 N–H and O–H groups in total. The summed E-state index contributed by atoms with van der Waals surface area (Å²) in [5.41, 5.74) is -0.601. The zero-order valence-electron chi connectivity index (χ0n) is 8.57. The van der Waals surface area contributed by atoms with Gasteiger partial charge in [-0.3, -0.25) is 0 Å². The van der Waals surface area contributed by atoms with Crippen LogP contribution in [0, 0.1) is 0 Å². The molecule has 3 aliphatic rings. The number of hydrogen-bond donors (Lipinski definition) is 0. The molecule has 1 fully saturated rings. The molecule has 0 unspecified atom stereocenters. The van der Waals surface area contributed by atoms with E-state index in [1.54, 1.807) is 9.36 Å². The molecule has 1 aromatic heterocycles. The Morgan fingerprint density at radius 3 is 1.71 bits per heavy atom. The minimum Gasteiger partial charge on any atom is -0.246 e. The summed E-state index contributed by atoms with van der Waals surface area (Å²) >= 11 is 0. The Balaban J connectivity index is 2.50. The van der Waals surface area contributed by atoms with Gasteiger partial charge in [-0.1, -0.05) is 0 Å². The second-order valence-electron chi connectivity index (χ2n) is 5.10. The van der Waals surface area contributed by atoms with Gasteiger partial charge in [-0.05, 0) is 26.7 Å². The lowest BCUT2D eigenvalue weighted by Gasteiger charge is -2.40. The van der Waals surface area contributed by atoms with E-state index in [2.05, 4.69) is 0 Å². The quantitative estimate of drug-likeness (QED) is 0.565. The minimum absolute atomic E-state index is 0.119. The summed E-state index contributed by atoms with van der Waals surface area (Å²) < 4.78 is 4.46. The third-order valence-electron chi connectivity index (χ3n) is 3.68. The summed E-state index contributed by atoms with van der Waals surface area (Å²) in [7, 11) is 1.54. The maximum absolute atomic E-state index is 11.8. The van der Waals surface area contributed by atoms with Crippen LogP contribution in [0.5, 0.6) is 0 Å². The van der Waals surface area contributed by atoms with Crippen molar-refractivity contribution in [3.8, 4) is 0 Å². The predicted molar refractivity (Wildman–Crippen MR) is 50.5 cm³/mol. The van der Waals surface area contributed by atoms with Gasteiger partial charge in [0, 0.05) is 7.05 Å². The first-order valence-corrected chi connectivity index (χ1v) is 4.81. The Morgan fingerprint density at radius 1 is 1.00 bits per heavy atom. The van der Waals surface area contributed by atoms with Crippen molar-refractivity contribution in [2.45, 2.75) is 37.8 Å². The van der Waals surface area contributed by atoms with E-state index in [9.17, 15) is 9.59 Å². The third kappa shape index (κ3) is 0.558. The topological polar surface area (TPSA) is 48.9 Å². The minimum atomic E-state index is -0.182. The van der Waals surface area contributed by atoms with Crippen molar-refractivity contribution >= 4 is 0 Å². The van der Waals surface area contributed by atoms with Crippen molar-refractivity contribution < 1.29 is 0 Å². The Morgan fingerprint density at radius 2 is 1.36 bits per heavy atom. The van der Waals surface area contributed by atoms with Gasteiger partial charge >= 0.3 is 11.4 Å². The molecule has 14 heavy (non-hydrogen) atoms. The van der Waals surface area contributed by atoms with Crippen LogP contribution in [0.4, 0.5) is 0 Å². The summed E-state index contributed by atoms with van der Waals surface area (Å²) in [6, 6.07) is 0. The molecule has 2 bridgehead atoms. The van der Waals surface area contributed by atoms with Gasteiger partial charge in [-0.25, -0.2) is 23.5 Å². The highest BCUT2D eigenvalue weighted by Crippen LogP contribution is 2.55. The van der Waals surface area contributed by atoms with E-state index in [-0.39, 0.29) is 22.5 Å².